The van der Waals surface area contributed by atoms with Gasteiger partial charge in [-0.25, -0.2) is 0 Å². The first-order chi connectivity index (χ1) is 7.70. The second-order valence-electron chi connectivity index (χ2n) is 4.78. The molecule has 4 nitrogen and oxygen atoms in total. The fraction of sp³-hybridized carbons (Fsp3) is 0.750. The molecule has 0 radical (unpaired) electrons. The van der Waals surface area contributed by atoms with Crippen molar-refractivity contribution in [1.29, 1.82) is 0 Å². The Hall–Kier alpha value is -0.870. The average Bonchev–Trinajstić information content (AvgIpc) is 2.61. The summed E-state index contributed by atoms with van der Waals surface area (Å²) in [5.41, 5.74) is 8.01. The van der Waals surface area contributed by atoms with E-state index in [0.29, 0.717) is 5.92 Å². The summed E-state index contributed by atoms with van der Waals surface area (Å²) in [7, 11) is 0. The molecule has 0 aliphatic carbocycles. The van der Waals surface area contributed by atoms with Crippen LogP contribution in [-0.4, -0.2) is 29.7 Å². The van der Waals surface area contributed by atoms with Crippen molar-refractivity contribution in [3.63, 3.8) is 0 Å². The van der Waals surface area contributed by atoms with E-state index in [4.69, 9.17) is 10.3 Å². The van der Waals surface area contributed by atoms with E-state index < -0.39 is 0 Å². The van der Waals surface area contributed by atoms with E-state index in [0.717, 1.165) is 31.1 Å². The van der Waals surface area contributed by atoms with Gasteiger partial charge in [-0.05, 0) is 45.7 Å². The summed E-state index contributed by atoms with van der Waals surface area (Å²) < 4.78 is 5.19. The fourth-order valence-electron chi connectivity index (χ4n) is 2.44. The van der Waals surface area contributed by atoms with Gasteiger partial charge in [0.1, 0.15) is 5.76 Å². The van der Waals surface area contributed by atoms with E-state index in [1.165, 1.54) is 24.9 Å². The zero-order valence-electron chi connectivity index (χ0n) is 10.2. The monoisotopic (exact) mass is 223 g/mol. The maximum absolute atomic E-state index is 5.74. The number of likely N-dealkylation sites (tertiary alicyclic amines) is 1. The Bertz CT molecular complexity index is 329. The Kier molecular flexibility index (Phi) is 3.61. The highest BCUT2D eigenvalue weighted by molar-refractivity contribution is 5.20. The highest BCUT2D eigenvalue weighted by Gasteiger charge is 2.21. The van der Waals surface area contributed by atoms with Crippen molar-refractivity contribution in [1.82, 2.24) is 10.1 Å². The molecule has 1 saturated heterocycles. The van der Waals surface area contributed by atoms with E-state index in [2.05, 4.69) is 10.1 Å². The van der Waals surface area contributed by atoms with E-state index in [1.54, 1.807) is 0 Å². The molecule has 0 amide bonds. The summed E-state index contributed by atoms with van der Waals surface area (Å²) in [6, 6.07) is 0. The Morgan fingerprint density at radius 3 is 2.94 bits per heavy atom. The van der Waals surface area contributed by atoms with Gasteiger partial charge >= 0.3 is 0 Å². The molecular weight excluding hydrogens is 202 g/mol. The number of hydrogen-bond acceptors (Lipinski definition) is 4. The molecule has 1 fully saturated rings. The molecule has 0 unspecified atom stereocenters. The Morgan fingerprint density at radius 1 is 1.50 bits per heavy atom. The third-order valence-corrected chi connectivity index (χ3v) is 3.50. The van der Waals surface area contributed by atoms with E-state index in [-0.39, 0.29) is 0 Å². The first-order valence-electron chi connectivity index (χ1n) is 6.05. The largest absolute Gasteiger partial charge is 0.361 e. The zero-order valence-corrected chi connectivity index (χ0v) is 10.2. The molecule has 16 heavy (non-hydrogen) atoms. The predicted octanol–water partition coefficient (Wildman–Crippen LogP) is 1.46. The van der Waals surface area contributed by atoms with Gasteiger partial charge in [0.05, 0.1) is 5.69 Å². The lowest BCUT2D eigenvalue weighted by atomic mass is 9.98. The van der Waals surface area contributed by atoms with Crippen LogP contribution in [0.1, 0.15) is 29.9 Å². The first kappa shape index (κ1) is 11.6. The number of aromatic nitrogens is 1. The highest BCUT2D eigenvalue weighted by atomic mass is 16.5. The lowest BCUT2D eigenvalue weighted by Gasteiger charge is -2.31. The predicted molar refractivity (Wildman–Crippen MR) is 63.0 cm³/mol. The van der Waals surface area contributed by atoms with Crippen LogP contribution in [0.5, 0.6) is 0 Å². The molecule has 1 atom stereocenters. The summed E-state index contributed by atoms with van der Waals surface area (Å²) in [4.78, 5) is 2.47. The van der Waals surface area contributed by atoms with Gasteiger partial charge < -0.3 is 10.3 Å². The van der Waals surface area contributed by atoms with Gasteiger partial charge in [0.25, 0.3) is 0 Å². The van der Waals surface area contributed by atoms with Gasteiger partial charge in [-0.3, -0.25) is 4.90 Å². The summed E-state index contributed by atoms with van der Waals surface area (Å²) in [5.74, 6) is 1.61. The highest BCUT2D eigenvalue weighted by Crippen LogP contribution is 2.20. The maximum atomic E-state index is 5.74. The minimum atomic E-state index is 0.661. The molecule has 2 N–H and O–H groups in total. The van der Waals surface area contributed by atoms with Crippen LogP contribution < -0.4 is 5.73 Å². The number of aryl methyl sites for hydroxylation is 2. The van der Waals surface area contributed by atoms with Crippen molar-refractivity contribution < 1.29 is 4.52 Å². The van der Waals surface area contributed by atoms with Crippen molar-refractivity contribution in [2.24, 2.45) is 11.7 Å². The van der Waals surface area contributed by atoms with E-state index >= 15 is 0 Å². The van der Waals surface area contributed by atoms with E-state index in [1.807, 2.05) is 13.8 Å². The standard InChI is InChI=1S/C12H21N3O/c1-9-12(10(2)16-14-9)8-15-5-3-4-11(6-13)7-15/h11H,3-8,13H2,1-2H3/t11-/m0/s1. The molecule has 1 aliphatic rings. The van der Waals surface area contributed by atoms with Gasteiger partial charge in [-0.2, -0.15) is 0 Å². The van der Waals surface area contributed by atoms with Crippen molar-refractivity contribution in [3.05, 3.63) is 17.0 Å². The number of rotatable bonds is 3. The van der Waals surface area contributed by atoms with Gasteiger partial charge in [-0.1, -0.05) is 5.16 Å². The minimum Gasteiger partial charge on any atom is -0.361 e. The van der Waals surface area contributed by atoms with Crippen LogP contribution in [0.3, 0.4) is 0 Å². The quantitative estimate of drug-likeness (QED) is 0.843. The average molecular weight is 223 g/mol. The molecule has 2 rings (SSSR count). The smallest absolute Gasteiger partial charge is 0.138 e. The van der Waals surface area contributed by atoms with Gasteiger partial charge in [-0.15, -0.1) is 0 Å². The molecule has 90 valence electrons. The topological polar surface area (TPSA) is 55.3 Å². The molecule has 1 aromatic rings. The molecule has 0 spiro atoms. The molecule has 0 bridgehead atoms. The van der Waals surface area contributed by atoms with Crippen molar-refractivity contribution in [3.8, 4) is 0 Å². The summed E-state index contributed by atoms with van der Waals surface area (Å²) in [6.07, 6.45) is 2.53. The van der Waals surface area contributed by atoms with Crippen LogP contribution in [0.25, 0.3) is 0 Å². The van der Waals surface area contributed by atoms with Crippen LogP contribution in [0.15, 0.2) is 4.52 Å². The second kappa shape index (κ2) is 4.97. The Morgan fingerprint density at radius 2 is 2.31 bits per heavy atom. The molecular formula is C12H21N3O. The SMILES string of the molecule is Cc1noc(C)c1CN1CCC[C@@H](CN)C1. The minimum absolute atomic E-state index is 0.661. The van der Waals surface area contributed by atoms with Crippen LogP contribution >= 0.6 is 0 Å². The Balaban J connectivity index is 1.99. The molecule has 2 heterocycles. The van der Waals surface area contributed by atoms with Crippen LogP contribution in [0, 0.1) is 19.8 Å². The number of piperidine rings is 1. The third-order valence-electron chi connectivity index (χ3n) is 3.50. The van der Waals surface area contributed by atoms with Crippen LogP contribution in [-0.2, 0) is 6.54 Å². The fourth-order valence-corrected chi connectivity index (χ4v) is 2.44. The zero-order chi connectivity index (χ0) is 11.5. The molecule has 1 aromatic heterocycles. The number of nitrogens with zero attached hydrogens (tertiary/aromatic N) is 2. The molecule has 0 aromatic carbocycles. The van der Waals surface area contributed by atoms with Gasteiger partial charge in [0, 0.05) is 18.7 Å². The summed E-state index contributed by atoms with van der Waals surface area (Å²) >= 11 is 0. The first-order valence-corrected chi connectivity index (χ1v) is 6.05. The number of hydrogen-bond donors (Lipinski definition) is 1. The number of nitrogens with two attached hydrogens (primary N) is 1. The van der Waals surface area contributed by atoms with Crippen molar-refractivity contribution in [2.45, 2.75) is 33.2 Å². The summed E-state index contributed by atoms with van der Waals surface area (Å²) in [5, 5.41) is 3.99. The van der Waals surface area contributed by atoms with E-state index in [9.17, 15) is 0 Å². The molecule has 1 aliphatic heterocycles. The second-order valence-corrected chi connectivity index (χ2v) is 4.78. The van der Waals surface area contributed by atoms with Gasteiger partial charge in [0.15, 0.2) is 0 Å². The maximum Gasteiger partial charge on any atom is 0.138 e. The van der Waals surface area contributed by atoms with Crippen molar-refractivity contribution in [2.75, 3.05) is 19.6 Å². The lowest BCUT2D eigenvalue weighted by molar-refractivity contribution is 0.170. The normalized spacial score (nSPS) is 22.6. The Labute approximate surface area is 96.8 Å². The molecule has 4 heteroatoms. The lowest BCUT2D eigenvalue weighted by Crippen LogP contribution is -2.38. The van der Waals surface area contributed by atoms with Gasteiger partial charge in [0.2, 0.25) is 0 Å². The van der Waals surface area contributed by atoms with Crippen LogP contribution in [0.4, 0.5) is 0 Å². The third kappa shape index (κ3) is 2.44. The van der Waals surface area contributed by atoms with Crippen LogP contribution in [0.2, 0.25) is 0 Å². The van der Waals surface area contributed by atoms with Crippen molar-refractivity contribution >= 4 is 0 Å². The summed E-state index contributed by atoms with van der Waals surface area (Å²) in [6.45, 7) is 8.03. The molecule has 0 saturated carbocycles.